The molecule has 0 bridgehead atoms. The summed E-state index contributed by atoms with van der Waals surface area (Å²) in [6.07, 6.45) is 18.0. The number of carbonyl (C=O) groups excluding carboxylic acids is 1. The van der Waals surface area contributed by atoms with Crippen LogP contribution >= 0.6 is 0 Å². The van der Waals surface area contributed by atoms with Gasteiger partial charge in [-0.1, -0.05) is 88.1 Å². The Balaban J connectivity index is 2.57. The molecule has 1 saturated heterocycles. The molecule has 0 aromatic heterocycles. The van der Waals surface area contributed by atoms with Gasteiger partial charge in [0, 0.05) is 13.0 Å². The van der Waals surface area contributed by atoms with Gasteiger partial charge in [-0.3, -0.25) is 9.35 Å². The third-order valence-electron chi connectivity index (χ3n) is 6.97. The number of ether oxygens (including phenoxy) is 4. The van der Waals surface area contributed by atoms with E-state index in [4.69, 9.17) is 23.5 Å². The van der Waals surface area contributed by atoms with Crippen molar-refractivity contribution in [3.63, 3.8) is 0 Å². The minimum Gasteiger partial charge on any atom is -0.457 e. The number of hydrogen-bond donors (Lipinski definition) is 4. The number of rotatable bonds is 26. The van der Waals surface area contributed by atoms with Crippen molar-refractivity contribution in [1.29, 1.82) is 0 Å². The van der Waals surface area contributed by atoms with Gasteiger partial charge in [-0.25, -0.2) is 4.18 Å². The average Bonchev–Trinajstić information content (AvgIpc) is 3.01. The molecule has 6 unspecified atom stereocenters. The van der Waals surface area contributed by atoms with Crippen molar-refractivity contribution in [3.05, 3.63) is 48.6 Å². The van der Waals surface area contributed by atoms with Crippen molar-refractivity contribution in [3.8, 4) is 0 Å². The third kappa shape index (κ3) is 20.3. The van der Waals surface area contributed by atoms with Crippen LogP contribution in [-0.4, -0.2) is 97.5 Å². The Morgan fingerprint density at radius 3 is 2.09 bits per heavy atom. The molecule has 6 atom stereocenters. The van der Waals surface area contributed by atoms with E-state index in [2.05, 4.69) is 66.6 Å². The first-order chi connectivity index (χ1) is 22.1. The fourth-order valence-corrected chi connectivity index (χ4v) is 5.01. The molecule has 0 aromatic rings. The van der Waals surface area contributed by atoms with E-state index < -0.39 is 59.8 Å². The second-order valence-electron chi connectivity index (χ2n) is 11.0. The molecular weight excluding hydrogens is 620 g/mol. The topological polar surface area (TPSA) is 178 Å². The summed E-state index contributed by atoms with van der Waals surface area (Å²) in [5.74, 6) is -0.435. The van der Waals surface area contributed by atoms with Crippen LogP contribution in [-0.2, 0) is 38.3 Å². The number of aliphatic hydroxyl groups is 3. The van der Waals surface area contributed by atoms with Crippen molar-refractivity contribution in [2.75, 3.05) is 26.4 Å². The standard InChI is InChI=1S/C33H56O12S/c1-3-5-7-9-10-11-12-13-14-15-16-17-19-21-23-41-25-27(43-29(35)22-20-18-8-6-4-2)26-42-33-31(37)32(45-46(38,39)40)30(36)28(24-34)44-33/h5,7,10-11,13-14,16-17,27-28,30-34,36-37H,3-4,6,8-9,12,15,18-26H2,1-2H3,(H,38,39,40)/b7-5-,11-10-,14-13-,17-16-. The summed E-state index contributed by atoms with van der Waals surface area (Å²) in [6, 6.07) is 0. The van der Waals surface area contributed by atoms with Gasteiger partial charge in [0.1, 0.15) is 30.5 Å². The van der Waals surface area contributed by atoms with Crippen molar-refractivity contribution < 1.29 is 56.2 Å². The van der Waals surface area contributed by atoms with Crippen LogP contribution < -0.4 is 0 Å². The monoisotopic (exact) mass is 676 g/mol. The Morgan fingerprint density at radius 1 is 0.848 bits per heavy atom. The molecule has 0 aromatic carbocycles. The molecule has 0 spiro atoms. The molecule has 12 nitrogen and oxygen atoms in total. The van der Waals surface area contributed by atoms with Crippen LogP contribution in [0.2, 0.25) is 0 Å². The van der Waals surface area contributed by atoms with Crippen LogP contribution in [0.25, 0.3) is 0 Å². The molecular formula is C33H56O12S. The Morgan fingerprint density at radius 2 is 1.48 bits per heavy atom. The van der Waals surface area contributed by atoms with E-state index in [1.165, 1.54) is 0 Å². The van der Waals surface area contributed by atoms with Gasteiger partial charge in [0.25, 0.3) is 0 Å². The molecule has 1 aliphatic heterocycles. The lowest BCUT2D eigenvalue weighted by molar-refractivity contribution is -0.301. The normalized spacial score (nSPS) is 23.3. The number of unbranched alkanes of at least 4 members (excludes halogenated alkanes) is 5. The SMILES string of the molecule is CC/C=C\C/C=C\C/C=C\C/C=C\CCCOCC(COC1OC(CO)C(O)C(OS(=O)(=O)O)C1O)OC(=O)CCCCCCC. The first kappa shape index (κ1) is 42.1. The predicted octanol–water partition coefficient (Wildman–Crippen LogP) is 4.50. The van der Waals surface area contributed by atoms with E-state index in [0.717, 1.165) is 64.2 Å². The highest BCUT2D eigenvalue weighted by Crippen LogP contribution is 2.25. The van der Waals surface area contributed by atoms with Crippen molar-refractivity contribution in [2.45, 2.75) is 128 Å². The van der Waals surface area contributed by atoms with E-state index in [0.29, 0.717) is 13.0 Å². The highest BCUT2D eigenvalue weighted by molar-refractivity contribution is 7.80. The largest absolute Gasteiger partial charge is 0.457 e. The van der Waals surface area contributed by atoms with Gasteiger partial charge in [0.15, 0.2) is 6.29 Å². The maximum absolute atomic E-state index is 12.5. The molecule has 1 heterocycles. The minimum atomic E-state index is -5.06. The van der Waals surface area contributed by atoms with Gasteiger partial charge in [-0.05, 0) is 44.9 Å². The molecule has 13 heteroatoms. The van der Waals surface area contributed by atoms with Crippen LogP contribution in [0.3, 0.4) is 0 Å². The van der Waals surface area contributed by atoms with Gasteiger partial charge in [0.05, 0.1) is 19.8 Å². The molecule has 0 aliphatic carbocycles. The molecule has 1 rings (SSSR count). The zero-order chi connectivity index (χ0) is 34.0. The lowest BCUT2D eigenvalue weighted by atomic mass is 9.99. The molecule has 1 fully saturated rings. The van der Waals surface area contributed by atoms with Crippen molar-refractivity contribution >= 4 is 16.4 Å². The lowest BCUT2D eigenvalue weighted by Crippen LogP contribution is -2.60. The lowest BCUT2D eigenvalue weighted by Gasteiger charge is -2.41. The highest BCUT2D eigenvalue weighted by atomic mass is 32.3. The molecule has 46 heavy (non-hydrogen) atoms. The molecule has 4 N–H and O–H groups in total. The zero-order valence-electron chi connectivity index (χ0n) is 27.4. The fourth-order valence-electron chi connectivity index (χ4n) is 4.50. The summed E-state index contributed by atoms with van der Waals surface area (Å²) >= 11 is 0. The summed E-state index contributed by atoms with van der Waals surface area (Å²) in [5.41, 5.74) is 0. The summed E-state index contributed by atoms with van der Waals surface area (Å²) in [5, 5.41) is 30.3. The van der Waals surface area contributed by atoms with E-state index in [1.807, 2.05) is 0 Å². The van der Waals surface area contributed by atoms with Crippen LogP contribution in [0.5, 0.6) is 0 Å². The smallest absolute Gasteiger partial charge is 0.397 e. The summed E-state index contributed by atoms with van der Waals surface area (Å²) in [6.45, 7) is 3.56. The van der Waals surface area contributed by atoms with Crippen LogP contribution in [0.4, 0.5) is 0 Å². The number of aliphatic hydroxyl groups excluding tert-OH is 3. The first-order valence-electron chi connectivity index (χ1n) is 16.4. The highest BCUT2D eigenvalue weighted by Gasteiger charge is 2.48. The first-order valence-corrected chi connectivity index (χ1v) is 17.8. The van der Waals surface area contributed by atoms with Gasteiger partial charge >= 0.3 is 16.4 Å². The second-order valence-corrected chi connectivity index (χ2v) is 12.1. The van der Waals surface area contributed by atoms with Crippen LogP contribution in [0.1, 0.15) is 90.9 Å². The van der Waals surface area contributed by atoms with E-state index in [-0.39, 0.29) is 19.6 Å². The summed E-state index contributed by atoms with van der Waals surface area (Å²) < 4.78 is 58.2. The Bertz CT molecular complexity index is 1010. The Kier molecular flexibility index (Phi) is 23.8. The molecule has 0 saturated carbocycles. The Labute approximate surface area is 275 Å². The number of allylic oxidation sites excluding steroid dienone is 8. The van der Waals surface area contributed by atoms with Gasteiger partial charge in [0.2, 0.25) is 0 Å². The number of esters is 1. The third-order valence-corrected chi connectivity index (χ3v) is 7.43. The van der Waals surface area contributed by atoms with Crippen molar-refractivity contribution in [1.82, 2.24) is 0 Å². The predicted molar refractivity (Wildman–Crippen MR) is 174 cm³/mol. The summed E-state index contributed by atoms with van der Waals surface area (Å²) in [7, 11) is -5.06. The van der Waals surface area contributed by atoms with Crippen LogP contribution in [0.15, 0.2) is 48.6 Å². The molecule has 266 valence electrons. The van der Waals surface area contributed by atoms with E-state index in [9.17, 15) is 28.5 Å². The fraction of sp³-hybridized carbons (Fsp3) is 0.727. The van der Waals surface area contributed by atoms with E-state index >= 15 is 0 Å². The summed E-state index contributed by atoms with van der Waals surface area (Å²) in [4.78, 5) is 12.5. The van der Waals surface area contributed by atoms with Gasteiger partial charge in [-0.2, -0.15) is 8.42 Å². The Hall–Kier alpha value is -1.94. The second kappa shape index (κ2) is 26.1. The number of hydrogen-bond acceptors (Lipinski definition) is 11. The zero-order valence-corrected chi connectivity index (χ0v) is 28.2. The van der Waals surface area contributed by atoms with Crippen molar-refractivity contribution in [2.24, 2.45) is 0 Å². The van der Waals surface area contributed by atoms with Gasteiger partial charge < -0.3 is 34.3 Å². The quantitative estimate of drug-likeness (QED) is 0.0437. The maximum atomic E-state index is 12.5. The molecule has 1 aliphatic rings. The van der Waals surface area contributed by atoms with Crippen LogP contribution in [0, 0.1) is 0 Å². The minimum absolute atomic E-state index is 0.00437. The number of carbonyl (C=O) groups is 1. The molecule has 0 amide bonds. The van der Waals surface area contributed by atoms with Gasteiger partial charge in [-0.15, -0.1) is 0 Å². The molecule has 0 radical (unpaired) electrons. The van der Waals surface area contributed by atoms with E-state index in [1.54, 1.807) is 0 Å². The maximum Gasteiger partial charge on any atom is 0.397 e. The average molecular weight is 677 g/mol.